The average Bonchev–Trinajstić information content (AvgIpc) is 2.79. The molecule has 0 heterocycles. The maximum atomic E-state index is 14.9. The van der Waals surface area contributed by atoms with Gasteiger partial charge in [0, 0.05) is 23.7 Å². The predicted molar refractivity (Wildman–Crippen MR) is 120 cm³/mol. The number of carbonyl (C=O) groups is 1. The van der Waals surface area contributed by atoms with Gasteiger partial charge < -0.3 is 9.64 Å². The van der Waals surface area contributed by atoms with E-state index in [9.17, 15) is 9.18 Å². The van der Waals surface area contributed by atoms with Crippen molar-refractivity contribution in [3.63, 3.8) is 0 Å². The number of halogens is 1. The number of fused-ring (bicyclic) bond motifs is 1. The summed E-state index contributed by atoms with van der Waals surface area (Å²) in [6.07, 6.45) is 4.05. The second-order valence-corrected chi connectivity index (χ2v) is 8.03. The molecule has 4 rings (SSSR count). The highest BCUT2D eigenvalue weighted by Crippen LogP contribution is 2.39. The first-order valence-corrected chi connectivity index (χ1v) is 10.7. The minimum atomic E-state index is -0.505. The van der Waals surface area contributed by atoms with Crippen molar-refractivity contribution >= 4 is 22.4 Å². The number of esters is 1. The lowest BCUT2D eigenvalue weighted by molar-refractivity contribution is 0.0600. The van der Waals surface area contributed by atoms with Crippen LogP contribution in [0.2, 0.25) is 0 Å². The van der Waals surface area contributed by atoms with E-state index < -0.39 is 5.97 Å². The van der Waals surface area contributed by atoms with Crippen LogP contribution in [0, 0.1) is 5.82 Å². The van der Waals surface area contributed by atoms with Crippen LogP contribution in [0.4, 0.5) is 10.1 Å². The van der Waals surface area contributed by atoms with E-state index in [1.54, 1.807) is 12.1 Å². The van der Waals surface area contributed by atoms with Gasteiger partial charge in [0.05, 0.1) is 12.7 Å². The highest BCUT2D eigenvalue weighted by Gasteiger charge is 2.29. The molecular formula is C26H28FNO2. The minimum absolute atomic E-state index is 0.152. The number of rotatable bonds is 5. The third-order valence-corrected chi connectivity index (χ3v) is 6.37. The molecule has 0 aromatic heterocycles. The van der Waals surface area contributed by atoms with E-state index in [1.165, 1.54) is 29.6 Å². The first-order chi connectivity index (χ1) is 14.6. The van der Waals surface area contributed by atoms with Crippen LogP contribution in [0.3, 0.4) is 0 Å². The van der Waals surface area contributed by atoms with Crippen LogP contribution in [0.15, 0.2) is 60.7 Å². The molecule has 1 saturated carbocycles. The molecule has 0 spiro atoms. The fourth-order valence-corrected chi connectivity index (χ4v) is 4.92. The number of methoxy groups -OCH3 is 1. The summed E-state index contributed by atoms with van der Waals surface area (Å²) in [4.78, 5) is 14.2. The van der Waals surface area contributed by atoms with Crippen molar-refractivity contribution in [2.45, 2.75) is 44.6 Å². The van der Waals surface area contributed by atoms with Gasteiger partial charge in [-0.15, -0.1) is 0 Å². The van der Waals surface area contributed by atoms with Gasteiger partial charge in [0.25, 0.3) is 0 Å². The summed E-state index contributed by atoms with van der Waals surface area (Å²) < 4.78 is 19.6. The van der Waals surface area contributed by atoms with Crippen molar-refractivity contribution in [3.05, 3.63) is 77.6 Å². The lowest BCUT2D eigenvalue weighted by Crippen LogP contribution is -2.38. The van der Waals surface area contributed by atoms with Crippen molar-refractivity contribution in [2.24, 2.45) is 0 Å². The zero-order chi connectivity index (χ0) is 21.1. The number of nitrogens with zero attached hydrogens (tertiary/aromatic N) is 1. The lowest BCUT2D eigenvalue weighted by Gasteiger charge is -2.39. The molecule has 1 aliphatic carbocycles. The monoisotopic (exact) mass is 405 g/mol. The van der Waals surface area contributed by atoms with Crippen molar-refractivity contribution in [1.82, 2.24) is 0 Å². The van der Waals surface area contributed by atoms with Crippen LogP contribution in [0.5, 0.6) is 0 Å². The molecule has 3 aromatic carbocycles. The van der Waals surface area contributed by atoms with Crippen LogP contribution < -0.4 is 4.90 Å². The van der Waals surface area contributed by atoms with Gasteiger partial charge in [-0.3, -0.25) is 0 Å². The number of benzene rings is 3. The summed E-state index contributed by atoms with van der Waals surface area (Å²) in [5.74, 6) is -0.661. The molecule has 0 N–H and O–H groups in total. The fraction of sp³-hybridized carbons (Fsp3) is 0.346. The standard InChI is InChI=1S/C26H28FNO2/c1-3-28(25-13-7-9-18-8-4-5-12-23(18)25)21-11-6-10-19(16-21)22-15-14-20(17-24(22)27)26(29)30-2/h4-5,7-9,12-15,17,19,21H,3,6,10-11,16H2,1-2H3. The summed E-state index contributed by atoms with van der Waals surface area (Å²) in [5.41, 5.74) is 2.22. The van der Waals surface area contributed by atoms with Crippen LogP contribution in [-0.4, -0.2) is 25.7 Å². The van der Waals surface area contributed by atoms with Crippen molar-refractivity contribution in [3.8, 4) is 0 Å². The van der Waals surface area contributed by atoms with Gasteiger partial charge in [0.1, 0.15) is 5.82 Å². The largest absolute Gasteiger partial charge is 0.465 e. The van der Waals surface area contributed by atoms with E-state index in [2.05, 4.69) is 54.3 Å². The molecule has 0 radical (unpaired) electrons. The van der Waals surface area contributed by atoms with Crippen molar-refractivity contribution < 1.29 is 13.9 Å². The minimum Gasteiger partial charge on any atom is -0.465 e. The van der Waals surface area contributed by atoms with Crippen molar-refractivity contribution in [1.29, 1.82) is 0 Å². The Kier molecular flexibility index (Phi) is 6.03. The topological polar surface area (TPSA) is 29.5 Å². The highest BCUT2D eigenvalue weighted by molar-refractivity contribution is 5.94. The molecule has 156 valence electrons. The lowest BCUT2D eigenvalue weighted by atomic mass is 9.80. The average molecular weight is 406 g/mol. The normalized spacial score (nSPS) is 18.9. The summed E-state index contributed by atoms with van der Waals surface area (Å²) in [5, 5.41) is 2.50. The molecule has 1 fully saturated rings. The number of anilines is 1. The molecular weight excluding hydrogens is 377 g/mol. The SMILES string of the molecule is CCN(c1cccc2ccccc12)C1CCCC(c2ccc(C(=O)OC)cc2F)C1. The van der Waals surface area contributed by atoms with E-state index in [1.807, 2.05) is 0 Å². The molecule has 2 unspecified atom stereocenters. The van der Waals surface area contributed by atoms with Gasteiger partial charge in [-0.05, 0) is 61.3 Å². The maximum Gasteiger partial charge on any atom is 0.337 e. The van der Waals surface area contributed by atoms with E-state index in [0.717, 1.165) is 32.2 Å². The Bertz CT molecular complexity index is 1040. The van der Waals surface area contributed by atoms with Gasteiger partial charge >= 0.3 is 5.97 Å². The highest BCUT2D eigenvalue weighted by atomic mass is 19.1. The fourth-order valence-electron chi connectivity index (χ4n) is 4.92. The first-order valence-electron chi connectivity index (χ1n) is 10.7. The number of ether oxygens (including phenoxy) is 1. The zero-order valence-electron chi connectivity index (χ0n) is 17.6. The maximum absolute atomic E-state index is 14.9. The number of carbonyl (C=O) groups excluding carboxylic acids is 1. The Morgan fingerprint density at radius 3 is 2.67 bits per heavy atom. The van der Waals surface area contributed by atoms with Crippen LogP contribution in [0.25, 0.3) is 10.8 Å². The van der Waals surface area contributed by atoms with Gasteiger partial charge in [-0.1, -0.05) is 48.9 Å². The number of hydrogen-bond donors (Lipinski definition) is 0. The first kappa shape index (κ1) is 20.4. The molecule has 0 bridgehead atoms. The van der Waals surface area contributed by atoms with Gasteiger partial charge in [0.2, 0.25) is 0 Å². The molecule has 0 saturated heterocycles. The Morgan fingerprint density at radius 1 is 1.10 bits per heavy atom. The Balaban J connectivity index is 1.61. The Hall–Kier alpha value is -2.88. The van der Waals surface area contributed by atoms with Crippen LogP contribution in [-0.2, 0) is 4.74 Å². The predicted octanol–water partition coefficient (Wildman–Crippen LogP) is 6.32. The summed E-state index contributed by atoms with van der Waals surface area (Å²) in [6, 6.07) is 20.1. The van der Waals surface area contributed by atoms with Crippen LogP contribution in [0.1, 0.15) is 54.4 Å². The molecule has 4 heteroatoms. The molecule has 0 amide bonds. The van der Waals surface area contributed by atoms with Crippen LogP contribution >= 0.6 is 0 Å². The smallest absolute Gasteiger partial charge is 0.337 e. The van der Waals surface area contributed by atoms with E-state index in [-0.39, 0.29) is 17.3 Å². The van der Waals surface area contributed by atoms with Gasteiger partial charge in [0.15, 0.2) is 0 Å². The van der Waals surface area contributed by atoms with E-state index in [0.29, 0.717) is 11.6 Å². The number of hydrogen-bond acceptors (Lipinski definition) is 3. The third kappa shape index (κ3) is 3.91. The Labute approximate surface area is 177 Å². The molecule has 2 atom stereocenters. The molecule has 0 aliphatic heterocycles. The van der Waals surface area contributed by atoms with E-state index in [4.69, 9.17) is 4.74 Å². The van der Waals surface area contributed by atoms with Gasteiger partial charge in [-0.25, -0.2) is 9.18 Å². The second-order valence-electron chi connectivity index (χ2n) is 8.03. The van der Waals surface area contributed by atoms with Gasteiger partial charge in [-0.2, -0.15) is 0 Å². The van der Waals surface area contributed by atoms with Crippen molar-refractivity contribution in [2.75, 3.05) is 18.6 Å². The second kappa shape index (κ2) is 8.86. The molecule has 3 aromatic rings. The molecule has 1 aliphatic rings. The summed E-state index contributed by atoms with van der Waals surface area (Å²) in [7, 11) is 1.31. The quantitative estimate of drug-likeness (QED) is 0.465. The summed E-state index contributed by atoms with van der Waals surface area (Å²) >= 11 is 0. The molecule has 3 nitrogen and oxygen atoms in total. The molecule has 30 heavy (non-hydrogen) atoms. The zero-order valence-corrected chi connectivity index (χ0v) is 17.6. The summed E-state index contributed by atoms with van der Waals surface area (Å²) in [6.45, 7) is 3.10. The third-order valence-electron chi connectivity index (χ3n) is 6.37. The van der Waals surface area contributed by atoms with E-state index >= 15 is 0 Å². The Morgan fingerprint density at radius 2 is 1.90 bits per heavy atom.